The van der Waals surface area contributed by atoms with Crippen molar-refractivity contribution in [3.63, 3.8) is 0 Å². The van der Waals surface area contributed by atoms with Crippen LogP contribution < -0.4 is 5.32 Å². The van der Waals surface area contributed by atoms with E-state index in [9.17, 15) is 14.0 Å². The number of hydrogen-bond donors (Lipinski definition) is 1. The Labute approximate surface area is 139 Å². The zero-order chi connectivity index (χ0) is 17.4. The predicted molar refractivity (Wildman–Crippen MR) is 89.3 cm³/mol. The predicted octanol–water partition coefficient (Wildman–Crippen LogP) is 0.820. The number of rotatable bonds is 2. The number of fused-ring (bicyclic) bond motifs is 1. The van der Waals surface area contributed by atoms with Gasteiger partial charge in [0.2, 0.25) is 5.91 Å². The third kappa shape index (κ3) is 2.75. The second-order valence-electron chi connectivity index (χ2n) is 6.15. The fraction of sp³-hybridized carbons (Fsp3) is 0.412. The van der Waals surface area contributed by atoms with Crippen LogP contribution in [0.4, 0.5) is 4.39 Å². The van der Waals surface area contributed by atoms with Crippen molar-refractivity contribution >= 4 is 22.7 Å². The van der Waals surface area contributed by atoms with E-state index in [1.54, 1.807) is 35.7 Å². The van der Waals surface area contributed by atoms with Gasteiger partial charge in [0.15, 0.2) is 0 Å². The maximum atomic E-state index is 13.4. The molecule has 1 aliphatic rings. The van der Waals surface area contributed by atoms with Crippen LogP contribution in [0.15, 0.2) is 24.3 Å². The molecule has 1 aromatic heterocycles. The lowest BCUT2D eigenvalue weighted by Crippen LogP contribution is -2.58. The van der Waals surface area contributed by atoms with Crippen LogP contribution in [-0.2, 0) is 11.8 Å². The second-order valence-corrected chi connectivity index (χ2v) is 6.15. The summed E-state index contributed by atoms with van der Waals surface area (Å²) in [7, 11) is 5.26. The van der Waals surface area contributed by atoms with Crippen LogP contribution in [0.1, 0.15) is 10.5 Å². The van der Waals surface area contributed by atoms with Crippen molar-refractivity contribution in [2.24, 2.45) is 7.05 Å². The van der Waals surface area contributed by atoms with Crippen LogP contribution in [-0.4, -0.2) is 66.0 Å². The van der Waals surface area contributed by atoms with Crippen molar-refractivity contribution in [1.29, 1.82) is 0 Å². The standard InChI is InChI=1S/C17H21FN4O2/c1-19-16(23)15-10-22(7-6-20(15)2)17(24)14-9-11-8-12(18)4-5-13(11)21(14)3/h4-5,8-9,15H,6-7,10H2,1-3H3,(H,19,23). The van der Waals surface area contributed by atoms with Crippen molar-refractivity contribution < 1.29 is 14.0 Å². The Morgan fingerprint density at radius 2 is 1.96 bits per heavy atom. The maximum Gasteiger partial charge on any atom is 0.270 e. The van der Waals surface area contributed by atoms with E-state index in [4.69, 9.17) is 0 Å². The second kappa shape index (κ2) is 6.24. The Morgan fingerprint density at radius 3 is 2.67 bits per heavy atom. The first-order valence-electron chi connectivity index (χ1n) is 7.88. The third-order valence-corrected chi connectivity index (χ3v) is 4.71. The van der Waals surface area contributed by atoms with Gasteiger partial charge in [-0.05, 0) is 31.3 Å². The number of amides is 2. The largest absolute Gasteiger partial charge is 0.358 e. The lowest BCUT2D eigenvalue weighted by Gasteiger charge is -2.38. The lowest BCUT2D eigenvalue weighted by atomic mass is 10.1. The minimum Gasteiger partial charge on any atom is -0.358 e. The van der Waals surface area contributed by atoms with Gasteiger partial charge in [-0.2, -0.15) is 0 Å². The summed E-state index contributed by atoms with van der Waals surface area (Å²) >= 11 is 0. The Bertz CT molecular complexity index is 801. The number of aryl methyl sites for hydroxylation is 1. The van der Waals surface area contributed by atoms with Gasteiger partial charge in [-0.1, -0.05) is 0 Å². The normalized spacial score (nSPS) is 18.8. The number of carbonyl (C=O) groups is 2. The van der Waals surface area contributed by atoms with Gasteiger partial charge in [0.05, 0.1) is 0 Å². The Morgan fingerprint density at radius 1 is 1.21 bits per heavy atom. The van der Waals surface area contributed by atoms with Crippen molar-refractivity contribution in [2.45, 2.75) is 6.04 Å². The number of hydrogen-bond acceptors (Lipinski definition) is 3. The number of aromatic nitrogens is 1. The summed E-state index contributed by atoms with van der Waals surface area (Å²) < 4.78 is 15.2. The SMILES string of the molecule is CNC(=O)C1CN(C(=O)c2cc3cc(F)ccc3n2C)CCN1C. The minimum absolute atomic E-state index is 0.103. The van der Waals surface area contributed by atoms with Crippen LogP contribution in [0.5, 0.6) is 0 Å². The van der Waals surface area contributed by atoms with Crippen molar-refractivity contribution in [3.05, 3.63) is 35.8 Å². The molecule has 0 aliphatic carbocycles. The number of nitrogens with one attached hydrogen (secondary N) is 1. The summed E-state index contributed by atoms with van der Waals surface area (Å²) in [4.78, 5) is 28.5. The summed E-state index contributed by atoms with van der Waals surface area (Å²) in [5.74, 6) is -0.573. The fourth-order valence-corrected chi connectivity index (χ4v) is 3.20. The number of benzene rings is 1. The molecule has 2 heterocycles. The van der Waals surface area contributed by atoms with Crippen molar-refractivity contribution in [3.8, 4) is 0 Å². The zero-order valence-corrected chi connectivity index (χ0v) is 14.0. The van der Waals surface area contributed by atoms with E-state index in [0.717, 1.165) is 5.52 Å². The molecule has 3 rings (SSSR count). The van der Waals surface area contributed by atoms with Crippen molar-refractivity contribution in [2.75, 3.05) is 33.7 Å². The molecule has 1 fully saturated rings. The Kier molecular flexibility index (Phi) is 4.28. The zero-order valence-electron chi connectivity index (χ0n) is 14.0. The minimum atomic E-state index is -0.361. The van der Waals surface area contributed by atoms with E-state index in [1.165, 1.54) is 12.1 Å². The monoisotopic (exact) mass is 332 g/mol. The first-order valence-corrected chi connectivity index (χ1v) is 7.88. The molecule has 0 radical (unpaired) electrons. The van der Waals surface area contributed by atoms with Gasteiger partial charge in [0.1, 0.15) is 17.6 Å². The molecule has 1 unspecified atom stereocenters. The van der Waals surface area contributed by atoms with Gasteiger partial charge < -0.3 is 14.8 Å². The van der Waals surface area contributed by atoms with E-state index in [-0.39, 0.29) is 23.7 Å². The van der Waals surface area contributed by atoms with Gasteiger partial charge >= 0.3 is 0 Å². The van der Waals surface area contributed by atoms with E-state index >= 15 is 0 Å². The molecule has 1 aromatic carbocycles. The number of halogens is 1. The summed E-state index contributed by atoms with van der Waals surface area (Å²) in [6.07, 6.45) is 0. The molecule has 2 aromatic rings. The highest BCUT2D eigenvalue weighted by Gasteiger charge is 2.32. The molecule has 1 atom stereocenters. The van der Waals surface area contributed by atoms with E-state index in [2.05, 4.69) is 5.32 Å². The molecular weight excluding hydrogens is 311 g/mol. The molecule has 128 valence electrons. The Balaban J connectivity index is 1.89. The molecular formula is C17H21FN4O2. The van der Waals surface area contributed by atoms with Gasteiger partial charge in [0.25, 0.3) is 5.91 Å². The molecule has 24 heavy (non-hydrogen) atoms. The number of nitrogens with zero attached hydrogens (tertiary/aromatic N) is 3. The van der Waals surface area contributed by atoms with Gasteiger partial charge in [0, 0.05) is 44.6 Å². The fourth-order valence-electron chi connectivity index (χ4n) is 3.20. The van der Waals surface area contributed by atoms with Crippen LogP contribution >= 0.6 is 0 Å². The number of likely N-dealkylation sites (N-methyl/N-ethyl adjacent to an activating group) is 2. The molecule has 1 N–H and O–H groups in total. The van der Waals surface area contributed by atoms with Crippen molar-refractivity contribution in [1.82, 2.24) is 19.7 Å². The highest BCUT2D eigenvalue weighted by molar-refractivity contribution is 5.99. The third-order valence-electron chi connectivity index (χ3n) is 4.71. The average molecular weight is 332 g/mol. The first-order chi connectivity index (χ1) is 11.4. The molecule has 2 amide bonds. The van der Waals surface area contributed by atoms with E-state index < -0.39 is 0 Å². The smallest absolute Gasteiger partial charge is 0.270 e. The first kappa shape index (κ1) is 16.4. The van der Waals surface area contributed by atoms with Crippen LogP contribution in [0.2, 0.25) is 0 Å². The van der Waals surface area contributed by atoms with Crippen LogP contribution in [0.25, 0.3) is 10.9 Å². The molecule has 0 bridgehead atoms. The summed E-state index contributed by atoms with van der Waals surface area (Å²) in [6.45, 7) is 1.52. The van der Waals surface area contributed by atoms with Crippen LogP contribution in [0.3, 0.4) is 0 Å². The molecule has 0 spiro atoms. The molecule has 1 saturated heterocycles. The number of piperazine rings is 1. The van der Waals surface area contributed by atoms with E-state index in [0.29, 0.717) is 30.7 Å². The topological polar surface area (TPSA) is 57.6 Å². The van der Waals surface area contributed by atoms with Crippen LogP contribution in [0, 0.1) is 5.82 Å². The summed E-state index contributed by atoms with van der Waals surface area (Å²) in [5.41, 5.74) is 1.30. The van der Waals surface area contributed by atoms with Gasteiger partial charge in [-0.15, -0.1) is 0 Å². The van der Waals surface area contributed by atoms with E-state index in [1.807, 2.05) is 11.9 Å². The average Bonchev–Trinajstić information content (AvgIpc) is 2.90. The van der Waals surface area contributed by atoms with Gasteiger partial charge in [-0.3, -0.25) is 14.5 Å². The molecule has 1 aliphatic heterocycles. The quantitative estimate of drug-likeness (QED) is 0.886. The maximum absolute atomic E-state index is 13.4. The summed E-state index contributed by atoms with van der Waals surface area (Å²) in [6, 6.07) is 5.81. The lowest BCUT2D eigenvalue weighted by molar-refractivity contribution is -0.127. The molecule has 0 saturated carbocycles. The highest BCUT2D eigenvalue weighted by Crippen LogP contribution is 2.22. The molecule has 7 heteroatoms. The number of carbonyl (C=O) groups excluding carboxylic acids is 2. The summed E-state index contributed by atoms with van der Waals surface area (Å²) in [5, 5.41) is 3.33. The Hall–Kier alpha value is -2.41. The highest BCUT2D eigenvalue weighted by atomic mass is 19.1. The van der Waals surface area contributed by atoms with Gasteiger partial charge in [-0.25, -0.2) is 4.39 Å². The molecule has 6 nitrogen and oxygen atoms in total.